The monoisotopic (exact) mass is 383 g/mol. The van der Waals surface area contributed by atoms with Crippen LogP contribution in [0.1, 0.15) is 34.6 Å². The van der Waals surface area contributed by atoms with Crippen LogP contribution in [0.15, 0.2) is 54.6 Å². The quantitative estimate of drug-likeness (QED) is 0.407. The van der Waals surface area contributed by atoms with Gasteiger partial charge in [-0.1, -0.05) is 44.2 Å². The highest BCUT2D eigenvalue weighted by Crippen LogP contribution is 2.16. The Balaban J connectivity index is 2.40. The smallest absolute Gasteiger partial charge is 0.323 e. The zero-order chi connectivity index (χ0) is 20.7. The lowest BCUT2D eigenvalue weighted by Crippen LogP contribution is -2.53. The van der Waals surface area contributed by atoms with E-state index in [0.717, 1.165) is 0 Å². The second-order valence-corrected chi connectivity index (χ2v) is 6.67. The molecule has 1 N–H and O–H groups in total. The van der Waals surface area contributed by atoms with Gasteiger partial charge in [0.25, 0.3) is 0 Å². The summed E-state index contributed by atoms with van der Waals surface area (Å²) in [7, 11) is 2.81. The van der Waals surface area contributed by atoms with E-state index in [1.54, 1.807) is 54.6 Å². The van der Waals surface area contributed by atoms with Crippen LogP contribution >= 0.6 is 0 Å². The maximum atomic E-state index is 13.2. The fraction of sp³-hybridized carbons (Fsp3) is 0.318. The van der Waals surface area contributed by atoms with E-state index in [2.05, 4.69) is 5.32 Å². The van der Waals surface area contributed by atoms with Crippen molar-refractivity contribution in [2.75, 3.05) is 14.2 Å². The van der Waals surface area contributed by atoms with Gasteiger partial charge in [-0.2, -0.15) is 0 Å². The average molecular weight is 383 g/mol. The summed E-state index contributed by atoms with van der Waals surface area (Å²) in [6.07, 6.45) is 0. The van der Waals surface area contributed by atoms with Crippen molar-refractivity contribution in [2.45, 2.75) is 25.9 Å². The minimum absolute atomic E-state index is 0.179. The van der Waals surface area contributed by atoms with Crippen molar-refractivity contribution in [1.82, 2.24) is 5.32 Å². The predicted octanol–water partition coefficient (Wildman–Crippen LogP) is 2.92. The van der Waals surface area contributed by atoms with E-state index in [1.807, 2.05) is 13.8 Å². The van der Waals surface area contributed by atoms with Gasteiger partial charge in [-0.25, -0.2) is 0 Å². The number of ketones is 2. The Morgan fingerprint density at radius 2 is 1.36 bits per heavy atom. The lowest BCUT2D eigenvalue weighted by Gasteiger charge is -2.25. The first-order valence-electron chi connectivity index (χ1n) is 9.00. The Morgan fingerprint density at radius 3 is 1.82 bits per heavy atom. The zero-order valence-corrected chi connectivity index (χ0v) is 16.5. The number of nitrogens with one attached hydrogen (secondary N) is 1. The molecule has 0 spiro atoms. The van der Waals surface area contributed by atoms with E-state index in [-0.39, 0.29) is 5.92 Å². The van der Waals surface area contributed by atoms with E-state index in [0.29, 0.717) is 16.9 Å². The van der Waals surface area contributed by atoms with Crippen molar-refractivity contribution in [1.29, 1.82) is 0 Å². The SMILES string of the molecule is COC(=O)C(NC(C(=O)c1ccccc1)C(=O)c1ccc(OC)cc1)C(C)C. The van der Waals surface area contributed by atoms with Crippen LogP contribution in [-0.2, 0) is 9.53 Å². The first-order valence-corrected chi connectivity index (χ1v) is 9.00. The molecular formula is C22H25NO5. The highest BCUT2D eigenvalue weighted by molar-refractivity contribution is 6.19. The van der Waals surface area contributed by atoms with E-state index in [4.69, 9.17) is 9.47 Å². The Kier molecular flexibility index (Phi) is 7.46. The number of esters is 1. The molecule has 148 valence electrons. The number of methoxy groups -OCH3 is 2. The number of benzene rings is 2. The highest BCUT2D eigenvalue weighted by Gasteiger charge is 2.34. The van der Waals surface area contributed by atoms with Gasteiger partial charge in [0.05, 0.1) is 14.2 Å². The van der Waals surface area contributed by atoms with Crippen LogP contribution in [0, 0.1) is 5.92 Å². The molecule has 2 aromatic rings. The fourth-order valence-electron chi connectivity index (χ4n) is 2.80. The molecule has 0 aliphatic rings. The molecule has 6 nitrogen and oxygen atoms in total. The molecule has 0 heterocycles. The molecule has 0 fully saturated rings. The number of ether oxygens (including phenoxy) is 2. The molecule has 0 radical (unpaired) electrons. The first-order chi connectivity index (χ1) is 13.4. The molecule has 28 heavy (non-hydrogen) atoms. The van der Waals surface area contributed by atoms with Crippen molar-refractivity contribution in [3.63, 3.8) is 0 Å². The summed E-state index contributed by atoms with van der Waals surface area (Å²) in [4.78, 5) is 38.4. The topological polar surface area (TPSA) is 81.7 Å². The third kappa shape index (κ3) is 5.04. The Hall–Kier alpha value is -2.99. The third-order valence-electron chi connectivity index (χ3n) is 4.43. The number of Topliss-reactive ketones (excluding diaryl/α,β-unsaturated/α-hetero) is 2. The van der Waals surface area contributed by atoms with Crippen LogP contribution in [0.25, 0.3) is 0 Å². The predicted molar refractivity (Wildman–Crippen MR) is 106 cm³/mol. The van der Waals surface area contributed by atoms with Crippen LogP contribution < -0.4 is 10.1 Å². The van der Waals surface area contributed by atoms with E-state index in [1.165, 1.54) is 14.2 Å². The van der Waals surface area contributed by atoms with Crippen LogP contribution in [0.4, 0.5) is 0 Å². The number of carbonyl (C=O) groups is 3. The van der Waals surface area contributed by atoms with Gasteiger partial charge in [0, 0.05) is 11.1 Å². The summed E-state index contributed by atoms with van der Waals surface area (Å²) in [5.41, 5.74) is 0.726. The van der Waals surface area contributed by atoms with Crippen LogP contribution in [0.3, 0.4) is 0 Å². The van der Waals surface area contributed by atoms with Gasteiger partial charge in [0.2, 0.25) is 0 Å². The number of carbonyl (C=O) groups excluding carboxylic acids is 3. The summed E-state index contributed by atoms with van der Waals surface area (Å²) in [6.45, 7) is 3.63. The van der Waals surface area contributed by atoms with Gasteiger partial charge in [0.15, 0.2) is 11.6 Å². The van der Waals surface area contributed by atoms with Crippen molar-refractivity contribution in [3.8, 4) is 5.75 Å². The molecule has 0 saturated carbocycles. The van der Waals surface area contributed by atoms with Gasteiger partial charge in [-0.05, 0) is 30.2 Å². The second kappa shape index (κ2) is 9.80. The van der Waals surface area contributed by atoms with Gasteiger partial charge >= 0.3 is 5.97 Å². The molecular weight excluding hydrogens is 358 g/mol. The fourth-order valence-corrected chi connectivity index (χ4v) is 2.80. The average Bonchev–Trinajstić information content (AvgIpc) is 2.73. The van der Waals surface area contributed by atoms with Crippen LogP contribution in [-0.4, -0.2) is 43.8 Å². The maximum Gasteiger partial charge on any atom is 0.323 e. The van der Waals surface area contributed by atoms with Gasteiger partial charge < -0.3 is 9.47 Å². The van der Waals surface area contributed by atoms with Crippen LogP contribution in [0.2, 0.25) is 0 Å². The molecule has 2 rings (SSSR count). The van der Waals surface area contributed by atoms with Gasteiger partial charge in [0.1, 0.15) is 17.8 Å². The molecule has 2 atom stereocenters. The Bertz CT molecular complexity index is 815. The normalized spacial score (nSPS) is 12.9. The minimum Gasteiger partial charge on any atom is -0.497 e. The largest absolute Gasteiger partial charge is 0.497 e. The number of rotatable bonds is 9. The molecule has 0 bridgehead atoms. The maximum absolute atomic E-state index is 13.2. The summed E-state index contributed by atoms with van der Waals surface area (Å²) in [5.74, 6) is -0.933. The summed E-state index contributed by atoms with van der Waals surface area (Å²) >= 11 is 0. The number of hydrogen-bond acceptors (Lipinski definition) is 6. The third-order valence-corrected chi connectivity index (χ3v) is 4.43. The number of hydrogen-bond donors (Lipinski definition) is 1. The van der Waals surface area contributed by atoms with Crippen molar-refractivity contribution < 1.29 is 23.9 Å². The summed E-state index contributed by atoms with van der Waals surface area (Å²) in [6, 6.07) is 13.0. The lowest BCUT2D eigenvalue weighted by molar-refractivity contribution is -0.144. The summed E-state index contributed by atoms with van der Waals surface area (Å²) < 4.78 is 9.95. The van der Waals surface area contributed by atoms with Crippen molar-refractivity contribution in [3.05, 3.63) is 65.7 Å². The molecule has 2 aromatic carbocycles. The molecule has 0 aromatic heterocycles. The Morgan fingerprint density at radius 1 is 0.821 bits per heavy atom. The summed E-state index contributed by atoms with van der Waals surface area (Å²) in [5, 5.41) is 2.92. The van der Waals surface area contributed by atoms with Crippen molar-refractivity contribution >= 4 is 17.5 Å². The highest BCUT2D eigenvalue weighted by atomic mass is 16.5. The molecule has 2 unspecified atom stereocenters. The van der Waals surface area contributed by atoms with Crippen molar-refractivity contribution in [2.24, 2.45) is 5.92 Å². The first kappa shape index (κ1) is 21.3. The zero-order valence-electron chi connectivity index (χ0n) is 16.5. The Labute approximate surface area is 164 Å². The molecule has 0 aliphatic carbocycles. The standard InChI is InChI=1S/C22H25NO5/c1-14(2)18(22(26)28-4)23-19(20(24)15-8-6-5-7-9-15)21(25)16-10-12-17(27-3)13-11-16/h5-14,18-19,23H,1-4H3. The molecule has 0 aliphatic heterocycles. The van der Waals surface area contributed by atoms with E-state index in [9.17, 15) is 14.4 Å². The molecule has 0 saturated heterocycles. The molecule has 6 heteroatoms. The second-order valence-electron chi connectivity index (χ2n) is 6.67. The van der Waals surface area contributed by atoms with Gasteiger partial charge in [-0.15, -0.1) is 0 Å². The lowest BCUT2D eigenvalue weighted by atomic mass is 9.93. The van der Waals surface area contributed by atoms with E-state index >= 15 is 0 Å². The van der Waals surface area contributed by atoms with Crippen LogP contribution in [0.5, 0.6) is 5.75 Å². The van der Waals surface area contributed by atoms with Gasteiger partial charge in [-0.3, -0.25) is 19.7 Å². The molecule has 0 amide bonds. The minimum atomic E-state index is -1.22. The van der Waals surface area contributed by atoms with E-state index < -0.39 is 29.6 Å².